The normalized spacial score (nSPS) is 11.4. The number of benzene rings is 2. The molecule has 0 radical (unpaired) electrons. The van der Waals surface area contributed by atoms with E-state index in [9.17, 15) is 4.79 Å². The van der Waals surface area contributed by atoms with Crippen LogP contribution >= 0.6 is 0 Å². The van der Waals surface area contributed by atoms with Crippen LogP contribution in [-0.4, -0.2) is 20.9 Å². The smallest absolute Gasteiger partial charge is 0.214 e. The van der Waals surface area contributed by atoms with Crippen molar-refractivity contribution in [1.82, 2.24) is 15.0 Å². The van der Waals surface area contributed by atoms with E-state index in [1.165, 1.54) is 6.92 Å². The molecule has 198 valence electrons. The van der Waals surface area contributed by atoms with Crippen molar-refractivity contribution in [3.63, 3.8) is 0 Å². The summed E-state index contributed by atoms with van der Waals surface area (Å²) in [6, 6.07) is 16.2. The summed E-state index contributed by atoms with van der Waals surface area (Å²) in [5.41, 5.74) is 14.7. The van der Waals surface area contributed by atoms with E-state index in [-0.39, 0.29) is 11.9 Å². The molecule has 2 heterocycles. The summed E-state index contributed by atoms with van der Waals surface area (Å²) < 4.78 is 0. The second kappa shape index (κ2) is 15.5. The lowest BCUT2D eigenvalue weighted by Crippen LogP contribution is -2.14. The van der Waals surface area contributed by atoms with Crippen LogP contribution in [0.5, 0.6) is 0 Å². The number of imidazole rings is 1. The van der Waals surface area contributed by atoms with Gasteiger partial charge in [-0.3, -0.25) is 4.79 Å². The number of rotatable bonds is 8. The van der Waals surface area contributed by atoms with E-state index in [2.05, 4.69) is 51.9 Å². The first kappa shape index (κ1) is 29.6. The van der Waals surface area contributed by atoms with Gasteiger partial charge in [0.25, 0.3) is 0 Å². The van der Waals surface area contributed by atoms with Crippen molar-refractivity contribution < 1.29 is 4.79 Å². The number of carbonyl (C=O) groups is 1. The van der Waals surface area contributed by atoms with E-state index in [4.69, 9.17) is 10.7 Å². The quantitative estimate of drug-likeness (QED) is 0.199. The van der Waals surface area contributed by atoms with Gasteiger partial charge in [-0.15, -0.1) is 0 Å². The monoisotopic (exact) mass is 510 g/mol. The summed E-state index contributed by atoms with van der Waals surface area (Å²) in [4.78, 5) is 21.6. The SMILES string of the molecule is C=Cc1cccc(C(Nc2ccc3c(N)nccc3c2)c2ncc(C/C=C\C=C/C)[nH]2)c1.CC.CC(N)=O. The number of carbonyl (C=O) groups excluding carboxylic acids is 1. The largest absolute Gasteiger partial charge is 0.383 e. The number of nitrogens with zero attached hydrogens (tertiary/aromatic N) is 2. The van der Waals surface area contributed by atoms with Crippen LogP contribution in [0.25, 0.3) is 16.8 Å². The van der Waals surface area contributed by atoms with Crippen LogP contribution in [0.3, 0.4) is 0 Å². The van der Waals surface area contributed by atoms with Gasteiger partial charge in [0.15, 0.2) is 0 Å². The van der Waals surface area contributed by atoms with Gasteiger partial charge in [-0.2, -0.15) is 0 Å². The Morgan fingerprint density at radius 1 is 1.13 bits per heavy atom. The summed E-state index contributed by atoms with van der Waals surface area (Å²) in [6.07, 6.45) is 14.4. The molecule has 1 unspecified atom stereocenters. The van der Waals surface area contributed by atoms with Crippen LogP contribution in [0.2, 0.25) is 0 Å². The molecule has 1 atom stereocenters. The molecule has 1 amide bonds. The number of primary amides is 1. The summed E-state index contributed by atoms with van der Waals surface area (Å²) in [5.74, 6) is 1.06. The van der Waals surface area contributed by atoms with Crippen molar-refractivity contribution in [2.24, 2.45) is 5.73 Å². The molecular weight excluding hydrogens is 472 g/mol. The average molecular weight is 511 g/mol. The zero-order chi connectivity index (χ0) is 27.9. The summed E-state index contributed by atoms with van der Waals surface area (Å²) >= 11 is 0. The number of fused-ring (bicyclic) bond motifs is 1. The van der Waals surface area contributed by atoms with Gasteiger partial charge in [0.2, 0.25) is 5.91 Å². The third-order valence-electron chi connectivity index (χ3n) is 5.28. The fourth-order valence-corrected chi connectivity index (χ4v) is 3.64. The van der Waals surface area contributed by atoms with E-state index in [0.717, 1.165) is 45.5 Å². The summed E-state index contributed by atoms with van der Waals surface area (Å²) in [7, 11) is 0. The Morgan fingerprint density at radius 3 is 2.61 bits per heavy atom. The van der Waals surface area contributed by atoms with E-state index < -0.39 is 0 Å². The number of aromatic nitrogens is 3. The number of pyridine rings is 1. The number of amides is 1. The van der Waals surface area contributed by atoms with Crippen LogP contribution in [0, 0.1) is 0 Å². The standard InChI is InChI=1S/C27H27N5.C2H5NO.C2H6/c1-3-5-6-7-11-23-18-30-27(32-23)25(21-10-8-9-19(4-2)16-21)31-22-12-13-24-20(17-22)14-15-29-26(24)28;1-2(3)4;1-2/h3-10,12-18,25,31H,2,11H2,1H3,(H2,28,29)(H,30,32);1H3,(H2,3,4);1-2H3/b5-3-,7-6-;;. The zero-order valence-electron chi connectivity index (χ0n) is 22.6. The Kier molecular flexibility index (Phi) is 12.0. The molecule has 4 rings (SSSR count). The van der Waals surface area contributed by atoms with E-state index in [1.807, 2.05) is 81.6 Å². The van der Waals surface area contributed by atoms with Gasteiger partial charge in [0.1, 0.15) is 17.7 Å². The van der Waals surface area contributed by atoms with Gasteiger partial charge in [-0.1, -0.05) is 69.0 Å². The molecule has 6 N–H and O–H groups in total. The molecule has 38 heavy (non-hydrogen) atoms. The van der Waals surface area contributed by atoms with E-state index in [0.29, 0.717) is 5.82 Å². The Morgan fingerprint density at radius 2 is 1.89 bits per heavy atom. The van der Waals surface area contributed by atoms with Crippen LogP contribution in [0.1, 0.15) is 56.4 Å². The van der Waals surface area contributed by atoms with Gasteiger partial charge in [-0.05, 0) is 53.8 Å². The van der Waals surface area contributed by atoms with Gasteiger partial charge in [-0.25, -0.2) is 9.97 Å². The molecule has 4 aromatic rings. The maximum absolute atomic E-state index is 9.22. The summed E-state index contributed by atoms with van der Waals surface area (Å²) in [5, 5.41) is 5.62. The number of H-pyrrole nitrogens is 1. The molecule has 2 aromatic heterocycles. The second-order valence-corrected chi connectivity index (χ2v) is 8.15. The topological polar surface area (TPSA) is 123 Å². The minimum atomic E-state index is -0.333. The Labute approximate surface area is 225 Å². The third-order valence-corrected chi connectivity index (χ3v) is 5.28. The van der Waals surface area contributed by atoms with Crippen molar-refractivity contribution in [1.29, 1.82) is 0 Å². The van der Waals surface area contributed by atoms with Gasteiger partial charge < -0.3 is 21.8 Å². The predicted molar refractivity (Wildman–Crippen MR) is 161 cm³/mol. The van der Waals surface area contributed by atoms with Crippen molar-refractivity contribution in [3.05, 3.63) is 114 Å². The van der Waals surface area contributed by atoms with Gasteiger partial charge >= 0.3 is 0 Å². The molecule has 7 nitrogen and oxygen atoms in total. The average Bonchev–Trinajstić information content (AvgIpc) is 3.39. The molecule has 0 aliphatic carbocycles. The maximum atomic E-state index is 9.22. The zero-order valence-corrected chi connectivity index (χ0v) is 22.6. The minimum absolute atomic E-state index is 0.153. The molecule has 2 aromatic carbocycles. The van der Waals surface area contributed by atoms with Gasteiger partial charge in [0.05, 0.1) is 0 Å². The second-order valence-electron chi connectivity index (χ2n) is 8.15. The number of nitrogens with one attached hydrogen (secondary N) is 2. The molecule has 7 heteroatoms. The highest BCUT2D eigenvalue weighted by atomic mass is 16.1. The lowest BCUT2D eigenvalue weighted by Gasteiger charge is -2.20. The predicted octanol–water partition coefficient (Wildman–Crippen LogP) is 6.58. The molecule has 0 aliphatic heterocycles. The van der Waals surface area contributed by atoms with Crippen LogP contribution < -0.4 is 16.8 Å². The molecule has 0 saturated heterocycles. The Bertz CT molecular complexity index is 1380. The van der Waals surface area contributed by atoms with Gasteiger partial charge in [0, 0.05) is 42.5 Å². The number of hydrogen-bond acceptors (Lipinski definition) is 5. The molecular formula is C31H38N6O. The van der Waals surface area contributed by atoms with Crippen molar-refractivity contribution in [2.45, 2.75) is 40.2 Å². The lowest BCUT2D eigenvalue weighted by atomic mass is 10.0. The first-order valence-electron chi connectivity index (χ1n) is 12.6. The number of hydrogen-bond donors (Lipinski definition) is 4. The van der Waals surface area contributed by atoms with Crippen molar-refractivity contribution >= 4 is 34.3 Å². The summed E-state index contributed by atoms with van der Waals surface area (Å²) in [6.45, 7) is 11.2. The molecule has 0 aliphatic rings. The number of nitrogen functional groups attached to an aromatic ring is 1. The Hall–Kier alpha value is -4.65. The highest BCUT2D eigenvalue weighted by Gasteiger charge is 2.18. The first-order chi connectivity index (χ1) is 18.4. The number of allylic oxidation sites excluding steroid dienone is 4. The molecule has 0 spiro atoms. The van der Waals surface area contributed by atoms with Crippen LogP contribution in [0.4, 0.5) is 11.5 Å². The molecule has 0 fully saturated rings. The Balaban J connectivity index is 0.000000773. The number of nitrogens with two attached hydrogens (primary N) is 2. The fourth-order valence-electron chi connectivity index (χ4n) is 3.64. The minimum Gasteiger partial charge on any atom is -0.383 e. The maximum Gasteiger partial charge on any atom is 0.214 e. The van der Waals surface area contributed by atoms with E-state index >= 15 is 0 Å². The van der Waals surface area contributed by atoms with Crippen LogP contribution in [-0.2, 0) is 11.2 Å². The van der Waals surface area contributed by atoms with E-state index in [1.54, 1.807) is 6.20 Å². The van der Waals surface area contributed by atoms with Crippen LogP contribution in [0.15, 0.2) is 91.8 Å². The third kappa shape index (κ3) is 8.78. The molecule has 0 saturated carbocycles. The molecule has 0 bridgehead atoms. The highest BCUT2D eigenvalue weighted by molar-refractivity contribution is 5.92. The fraction of sp³-hybridized carbons (Fsp3) is 0.194. The van der Waals surface area contributed by atoms with Crippen molar-refractivity contribution in [3.8, 4) is 0 Å². The van der Waals surface area contributed by atoms with Crippen molar-refractivity contribution in [2.75, 3.05) is 11.1 Å². The first-order valence-corrected chi connectivity index (χ1v) is 12.6. The lowest BCUT2D eigenvalue weighted by molar-refractivity contribution is -0.115. The number of aromatic amines is 1. The number of anilines is 2. The highest BCUT2D eigenvalue weighted by Crippen LogP contribution is 2.29.